The summed E-state index contributed by atoms with van der Waals surface area (Å²) in [7, 11) is 0. The maximum atomic E-state index is 11.6. The van der Waals surface area contributed by atoms with Crippen molar-refractivity contribution < 1.29 is 9.32 Å². The van der Waals surface area contributed by atoms with Crippen molar-refractivity contribution >= 4 is 11.6 Å². The Balaban J connectivity index is 1.80. The molecule has 3 rings (SSSR count). The fourth-order valence-electron chi connectivity index (χ4n) is 2.14. The van der Waals surface area contributed by atoms with Crippen LogP contribution in [0.15, 0.2) is 53.3 Å². The van der Waals surface area contributed by atoms with E-state index in [1.807, 2.05) is 43.3 Å². The first kappa shape index (κ1) is 14.9. The van der Waals surface area contributed by atoms with Gasteiger partial charge in [-0.25, -0.2) is 0 Å². The zero-order chi connectivity index (χ0) is 16.1. The average molecular weight is 308 g/mol. The van der Waals surface area contributed by atoms with E-state index >= 15 is 0 Å². The van der Waals surface area contributed by atoms with Crippen molar-refractivity contribution in [2.75, 3.05) is 5.32 Å². The summed E-state index contributed by atoms with van der Waals surface area (Å²) in [6.07, 6.45) is 4.25. The Morgan fingerprint density at radius 3 is 2.74 bits per heavy atom. The van der Waals surface area contributed by atoms with Crippen LogP contribution in [0.3, 0.4) is 0 Å². The third-order valence-corrected chi connectivity index (χ3v) is 3.36. The number of para-hydroxylation sites is 1. The minimum absolute atomic E-state index is 0.0274. The van der Waals surface area contributed by atoms with Crippen LogP contribution < -0.4 is 5.32 Å². The third-order valence-electron chi connectivity index (χ3n) is 3.36. The van der Waals surface area contributed by atoms with E-state index in [0.29, 0.717) is 24.6 Å². The number of nitrogens with zero attached hydrogens (tertiary/aromatic N) is 3. The lowest BCUT2D eigenvalue weighted by Crippen LogP contribution is -2.11. The van der Waals surface area contributed by atoms with Crippen LogP contribution in [-0.2, 0) is 11.2 Å². The number of amides is 1. The topological polar surface area (TPSA) is 80.9 Å². The van der Waals surface area contributed by atoms with E-state index in [0.717, 1.165) is 16.8 Å². The Kier molecular flexibility index (Phi) is 4.42. The van der Waals surface area contributed by atoms with Crippen molar-refractivity contribution in [2.45, 2.75) is 19.8 Å². The predicted octanol–water partition coefficient (Wildman–Crippen LogP) is 3.07. The quantitative estimate of drug-likeness (QED) is 0.783. The molecule has 0 saturated carbocycles. The molecular weight excluding hydrogens is 292 g/mol. The Morgan fingerprint density at radius 2 is 1.96 bits per heavy atom. The van der Waals surface area contributed by atoms with Crippen molar-refractivity contribution in [2.24, 2.45) is 0 Å². The zero-order valence-electron chi connectivity index (χ0n) is 12.7. The Labute approximate surface area is 133 Å². The number of benzene rings is 1. The van der Waals surface area contributed by atoms with Crippen molar-refractivity contribution in [1.29, 1.82) is 0 Å². The summed E-state index contributed by atoms with van der Waals surface area (Å²) >= 11 is 0. The molecule has 0 aliphatic heterocycles. The highest BCUT2D eigenvalue weighted by Crippen LogP contribution is 2.20. The monoisotopic (exact) mass is 308 g/mol. The minimum Gasteiger partial charge on any atom is -0.339 e. The maximum Gasteiger partial charge on any atom is 0.231 e. The van der Waals surface area contributed by atoms with Crippen LogP contribution in [-0.4, -0.2) is 21.0 Å². The predicted molar refractivity (Wildman–Crippen MR) is 85.7 cm³/mol. The van der Waals surface area contributed by atoms with Gasteiger partial charge in [0.05, 0.1) is 6.42 Å². The lowest BCUT2D eigenvalue weighted by molar-refractivity contribution is -0.115. The number of hydrogen-bond acceptors (Lipinski definition) is 5. The van der Waals surface area contributed by atoms with Crippen LogP contribution in [0.5, 0.6) is 0 Å². The summed E-state index contributed by atoms with van der Waals surface area (Å²) in [5.41, 5.74) is 2.55. The summed E-state index contributed by atoms with van der Waals surface area (Å²) < 4.78 is 5.32. The molecular formula is C17H16N4O2. The highest BCUT2D eigenvalue weighted by molar-refractivity contribution is 5.91. The van der Waals surface area contributed by atoms with Crippen LogP contribution in [0.25, 0.3) is 11.4 Å². The third kappa shape index (κ3) is 3.60. The van der Waals surface area contributed by atoms with Gasteiger partial charge < -0.3 is 9.84 Å². The first-order valence-corrected chi connectivity index (χ1v) is 7.37. The normalized spacial score (nSPS) is 10.5. The van der Waals surface area contributed by atoms with Crippen LogP contribution >= 0.6 is 0 Å². The van der Waals surface area contributed by atoms with Crippen molar-refractivity contribution in [3.8, 4) is 11.4 Å². The second kappa shape index (κ2) is 6.83. The molecule has 0 aliphatic carbocycles. The first-order chi connectivity index (χ1) is 11.3. The summed E-state index contributed by atoms with van der Waals surface area (Å²) in [4.78, 5) is 20.0. The summed E-state index contributed by atoms with van der Waals surface area (Å²) in [6.45, 7) is 1.82. The Bertz CT molecular complexity index is 799. The van der Waals surface area contributed by atoms with Gasteiger partial charge in [-0.2, -0.15) is 4.98 Å². The molecule has 0 bridgehead atoms. The van der Waals surface area contributed by atoms with E-state index in [9.17, 15) is 4.79 Å². The van der Waals surface area contributed by atoms with E-state index in [4.69, 9.17) is 4.52 Å². The van der Waals surface area contributed by atoms with Gasteiger partial charge in [0.15, 0.2) is 0 Å². The van der Waals surface area contributed by atoms with Gasteiger partial charge in [-0.1, -0.05) is 30.3 Å². The number of carbonyl (C=O) groups is 1. The SMILES string of the molecule is CCC(=O)Nc1ccccc1Cc1nc(-c2ccncc2)no1. The second-order valence-corrected chi connectivity index (χ2v) is 4.98. The van der Waals surface area contributed by atoms with Gasteiger partial charge in [0.25, 0.3) is 0 Å². The van der Waals surface area contributed by atoms with Gasteiger partial charge in [0.1, 0.15) is 0 Å². The molecule has 6 heteroatoms. The minimum atomic E-state index is -0.0274. The van der Waals surface area contributed by atoms with Crippen molar-refractivity contribution in [3.05, 3.63) is 60.2 Å². The smallest absolute Gasteiger partial charge is 0.231 e. The molecule has 0 radical (unpaired) electrons. The van der Waals surface area contributed by atoms with Gasteiger partial charge in [-0.05, 0) is 23.8 Å². The Morgan fingerprint density at radius 1 is 1.17 bits per heavy atom. The molecule has 2 aromatic heterocycles. The van der Waals surface area contributed by atoms with E-state index in [1.54, 1.807) is 12.4 Å². The first-order valence-electron chi connectivity index (χ1n) is 7.37. The van der Waals surface area contributed by atoms with Gasteiger partial charge in [0.2, 0.25) is 17.6 Å². The van der Waals surface area contributed by atoms with Gasteiger partial charge >= 0.3 is 0 Å². The molecule has 0 spiro atoms. The van der Waals surface area contributed by atoms with Gasteiger partial charge in [0, 0.05) is 30.1 Å². The van der Waals surface area contributed by atoms with E-state index in [1.165, 1.54) is 0 Å². The second-order valence-electron chi connectivity index (χ2n) is 4.98. The molecule has 0 fully saturated rings. The zero-order valence-corrected chi connectivity index (χ0v) is 12.7. The van der Waals surface area contributed by atoms with Crippen molar-refractivity contribution in [3.63, 3.8) is 0 Å². The molecule has 1 amide bonds. The molecule has 2 heterocycles. The molecule has 6 nitrogen and oxygen atoms in total. The van der Waals surface area contributed by atoms with Crippen LogP contribution in [0.4, 0.5) is 5.69 Å². The van der Waals surface area contributed by atoms with Gasteiger partial charge in [-0.3, -0.25) is 9.78 Å². The summed E-state index contributed by atoms with van der Waals surface area (Å²) in [5.74, 6) is 0.993. The fourth-order valence-corrected chi connectivity index (χ4v) is 2.14. The molecule has 1 N–H and O–H groups in total. The van der Waals surface area contributed by atoms with E-state index in [-0.39, 0.29) is 5.91 Å². The number of nitrogens with one attached hydrogen (secondary N) is 1. The number of hydrogen-bond donors (Lipinski definition) is 1. The van der Waals surface area contributed by atoms with Gasteiger partial charge in [-0.15, -0.1) is 0 Å². The summed E-state index contributed by atoms with van der Waals surface area (Å²) in [5, 5.41) is 6.87. The largest absolute Gasteiger partial charge is 0.339 e. The number of anilines is 1. The molecule has 116 valence electrons. The molecule has 0 unspecified atom stereocenters. The van der Waals surface area contributed by atoms with E-state index < -0.39 is 0 Å². The average Bonchev–Trinajstić information content (AvgIpc) is 3.06. The number of rotatable bonds is 5. The molecule has 3 aromatic rings. The van der Waals surface area contributed by atoms with Crippen molar-refractivity contribution in [1.82, 2.24) is 15.1 Å². The number of pyridine rings is 1. The van der Waals surface area contributed by atoms with E-state index in [2.05, 4.69) is 20.4 Å². The summed E-state index contributed by atoms with van der Waals surface area (Å²) in [6, 6.07) is 11.2. The molecule has 0 atom stereocenters. The molecule has 23 heavy (non-hydrogen) atoms. The maximum absolute atomic E-state index is 11.6. The fraction of sp³-hybridized carbons (Fsp3) is 0.176. The van der Waals surface area contributed by atoms with Crippen LogP contribution in [0.2, 0.25) is 0 Å². The molecule has 0 aliphatic rings. The lowest BCUT2D eigenvalue weighted by Gasteiger charge is -2.08. The molecule has 1 aromatic carbocycles. The van der Waals surface area contributed by atoms with Crippen LogP contribution in [0.1, 0.15) is 24.8 Å². The number of aromatic nitrogens is 3. The Hall–Kier alpha value is -3.02. The highest BCUT2D eigenvalue weighted by atomic mass is 16.5. The van der Waals surface area contributed by atoms with Crippen LogP contribution in [0, 0.1) is 0 Å². The highest BCUT2D eigenvalue weighted by Gasteiger charge is 2.12. The number of carbonyl (C=O) groups excluding carboxylic acids is 1. The lowest BCUT2D eigenvalue weighted by atomic mass is 10.1. The standard InChI is InChI=1S/C17H16N4O2/c1-2-15(22)19-14-6-4-3-5-13(14)11-16-20-17(21-23-16)12-7-9-18-10-8-12/h3-10H,2,11H2,1H3,(H,19,22). The molecule has 0 saturated heterocycles.